The largest absolute Gasteiger partial charge is 0.379 e. The summed E-state index contributed by atoms with van der Waals surface area (Å²) in [5, 5.41) is 3.70. The van der Waals surface area contributed by atoms with Gasteiger partial charge in [-0.25, -0.2) is 0 Å². The van der Waals surface area contributed by atoms with Crippen molar-refractivity contribution in [1.82, 2.24) is 10.2 Å². The summed E-state index contributed by atoms with van der Waals surface area (Å²) in [6, 6.07) is 11.7. The summed E-state index contributed by atoms with van der Waals surface area (Å²) >= 11 is 0. The van der Waals surface area contributed by atoms with Gasteiger partial charge in [-0.05, 0) is 43.8 Å². The average molecular weight is 274 g/mol. The summed E-state index contributed by atoms with van der Waals surface area (Å²) in [7, 11) is 0. The van der Waals surface area contributed by atoms with E-state index in [0.717, 1.165) is 44.8 Å². The Bertz CT molecular complexity index is 383. The van der Waals surface area contributed by atoms with Crippen molar-refractivity contribution in [3.63, 3.8) is 0 Å². The van der Waals surface area contributed by atoms with Crippen LogP contribution in [0, 0.1) is 0 Å². The molecule has 1 saturated carbocycles. The molecule has 0 radical (unpaired) electrons. The predicted octanol–water partition coefficient (Wildman–Crippen LogP) is 2.24. The lowest BCUT2D eigenvalue weighted by Crippen LogP contribution is -2.42. The smallest absolute Gasteiger partial charge is 0.0594 e. The van der Waals surface area contributed by atoms with Crippen molar-refractivity contribution in [2.75, 3.05) is 39.4 Å². The highest BCUT2D eigenvalue weighted by atomic mass is 16.5. The molecule has 3 nitrogen and oxygen atoms in total. The highest BCUT2D eigenvalue weighted by molar-refractivity contribution is 5.22. The van der Waals surface area contributed by atoms with Gasteiger partial charge in [-0.1, -0.05) is 30.3 Å². The molecule has 1 aliphatic heterocycles. The number of hydrogen-bond donors (Lipinski definition) is 1. The summed E-state index contributed by atoms with van der Waals surface area (Å²) in [6.07, 6.45) is 3.87. The minimum atomic E-state index is 0.741. The van der Waals surface area contributed by atoms with Crippen molar-refractivity contribution >= 4 is 0 Å². The molecule has 1 N–H and O–H groups in total. The molecule has 0 spiro atoms. The van der Waals surface area contributed by atoms with Crippen molar-refractivity contribution in [3.8, 4) is 0 Å². The van der Waals surface area contributed by atoms with Crippen LogP contribution in [-0.4, -0.2) is 50.3 Å². The molecule has 0 unspecified atom stereocenters. The van der Waals surface area contributed by atoms with Crippen molar-refractivity contribution < 1.29 is 4.74 Å². The van der Waals surface area contributed by atoms with Crippen molar-refractivity contribution in [2.24, 2.45) is 0 Å². The fourth-order valence-corrected chi connectivity index (χ4v) is 3.22. The molecule has 20 heavy (non-hydrogen) atoms. The number of benzene rings is 1. The van der Waals surface area contributed by atoms with Crippen molar-refractivity contribution in [1.29, 1.82) is 0 Å². The standard InChI is InChI=1S/C17H26N2O/c1-2-5-15(6-3-1)16-13-17(14-16)18-7-4-8-19-9-11-20-12-10-19/h1-3,5-6,16-18H,4,7-14H2. The molecule has 1 heterocycles. The Morgan fingerprint density at radius 1 is 1.10 bits per heavy atom. The lowest BCUT2D eigenvalue weighted by molar-refractivity contribution is 0.0372. The molecule has 1 saturated heterocycles. The van der Waals surface area contributed by atoms with E-state index in [9.17, 15) is 0 Å². The van der Waals surface area contributed by atoms with Gasteiger partial charge in [-0.2, -0.15) is 0 Å². The molecule has 2 aliphatic rings. The lowest BCUT2D eigenvalue weighted by Gasteiger charge is -2.36. The Balaban J connectivity index is 1.26. The van der Waals surface area contributed by atoms with Gasteiger partial charge in [0.2, 0.25) is 0 Å². The fraction of sp³-hybridized carbons (Fsp3) is 0.647. The second kappa shape index (κ2) is 7.21. The van der Waals surface area contributed by atoms with Gasteiger partial charge in [-0.3, -0.25) is 4.90 Å². The molecular formula is C17H26N2O. The summed E-state index contributed by atoms with van der Waals surface area (Å²) in [4.78, 5) is 2.51. The third-order valence-electron chi connectivity index (χ3n) is 4.60. The van der Waals surface area contributed by atoms with Crippen LogP contribution >= 0.6 is 0 Å². The number of ether oxygens (including phenoxy) is 1. The first-order chi connectivity index (χ1) is 9.92. The minimum absolute atomic E-state index is 0.741. The van der Waals surface area contributed by atoms with Gasteiger partial charge < -0.3 is 10.1 Å². The van der Waals surface area contributed by atoms with Crippen LogP contribution in [-0.2, 0) is 4.74 Å². The lowest BCUT2D eigenvalue weighted by atomic mass is 9.76. The number of hydrogen-bond acceptors (Lipinski definition) is 3. The van der Waals surface area contributed by atoms with Crippen molar-refractivity contribution in [3.05, 3.63) is 35.9 Å². The molecule has 3 rings (SSSR count). The molecular weight excluding hydrogens is 248 g/mol. The van der Waals surface area contributed by atoms with Gasteiger partial charge in [0.25, 0.3) is 0 Å². The van der Waals surface area contributed by atoms with E-state index in [1.54, 1.807) is 0 Å². The third kappa shape index (κ3) is 3.81. The number of nitrogens with zero attached hydrogens (tertiary/aromatic N) is 1. The first-order valence-corrected chi connectivity index (χ1v) is 8.00. The summed E-state index contributed by atoms with van der Waals surface area (Å²) in [5.74, 6) is 0.785. The zero-order valence-electron chi connectivity index (χ0n) is 12.3. The predicted molar refractivity (Wildman–Crippen MR) is 82.1 cm³/mol. The quantitative estimate of drug-likeness (QED) is 0.805. The van der Waals surface area contributed by atoms with Crippen LogP contribution in [0.15, 0.2) is 30.3 Å². The monoisotopic (exact) mass is 274 g/mol. The van der Waals surface area contributed by atoms with Crippen LogP contribution in [0.25, 0.3) is 0 Å². The highest BCUT2D eigenvalue weighted by Crippen LogP contribution is 2.36. The Hall–Kier alpha value is -0.900. The van der Waals surface area contributed by atoms with Gasteiger partial charge in [0.15, 0.2) is 0 Å². The second-order valence-corrected chi connectivity index (χ2v) is 6.04. The summed E-state index contributed by atoms with van der Waals surface area (Å²) in [6.45, 7) is 6.41. The molecule has 110 valence electrons. The Labute approximate surface area is 122 Å². The van der Waals surface area contributed by atoms with E-state index in [-0.39, 0.29) is 0 Å². The van der Waals surface area contributed by atoms with Gasteiger partial charge in [0.05, 0.1) is 13.2 Å². The molecule has 0 amide bonds. The number of morpholine rings is 1. The van der Waals surface area contributed by atoms with Gasteiger partial charge in [-0.15, -0.1) is 0 Å². The van der Waals surface area contributed by atoms with E-state index in [1.807, 2.05) is 0 Å². The zero-order chi connectivity index (χ0) is 13.6. The van der Waals surface area contributed by atoms with Crippen LogP contribution in [0.2, 0.25) is 0 Å². The molecule has 0 atom stereocenters. The van der Waals surface area contributed by atoms with E-state index >= 15 is 0 Å². The van der Waals surface area contributed by atoms with Crippen LogP contribution in [0.4, 0.5) is 0 Å². The molecule has 1 aromatic rings. The van der Waals surface area contributed by atoms with E-state index in [2.05, 4.69) is 40.5 Å². The number of rotatable bonds is 6. The first kappa shape index (κ1) is 14.1. The summed E-state index contributed by atoms with van der Waals surface area (Å²) in [5.41, 5.74) is 1.51. The van der Waals surface area contributed by atoms with Crippen LogP contribution in [0.1, 0.15) is 30.7 Å². The molecule has 1 aromatic carbocycles. The molecule has 0 bridgehead atoms. The first-order valence-electron chi connectivity index (χ1n) is 8.00. The third-order valence-corrected chi connectivity index (χ3v) is 4.60. The topological polar surface area (TPSA) is 24.5 Å². The van der Waals surface area contributed by atoms with Crippen LogP contribution in [0.5, 0.6) is 0 Å². The Morgan fingerprint density at radius 2 is 1.85 bits per heavy atom. The van der Waals surface area contributed by atoms with E-state index in [0.29, 0.717) is 0 Å². The van der Waals surface area contributed by atoms with E-state index in [1.165, 1.54) is 31.4 Å². The Morgan fingerprint density at radius 3 is 2.60 bits per heavy atom. The molecule has 0 aromatic heterocycles. The number of nitrogens with one attached hydrogen (secondary N) is 1. The molecule has 2 fully saturated rings. The maximum atomic E-state index is 5.37. The Kier molecular flexibility index (Phi) is 5.06. The van der Waals surface area contributed by atoms with Gasteiger partial charge >= 0.3 is 0 Å². The minimum Gasteiger partial charge on any atom is -0.379 e. The summed E-state index contributed by atoms with van der Waals surface area (Å²) < 4.78 is 5.37. The van der Waals surface area contributed by atoms with Crippen LogP contribution < -0.4 is 5.32 Å². The van der Waals surface area contributed by atoms with Gasteiger partial charge in [0, 0.05) is 19.1 Å². The van der Waals surface area contributed by atoms with E-state index < -0.39 is 0 Å². The average Bonchev–Trinajstić information content (AvgIpc) is 2.47. The maximum Gasteiger partial charge on any atom is 0.0594 e. The second-order valence-electron chi connectivity index (χ2n) is 6.04. The fourth-order valence-electron chi connectivity index (χ4n) is 3.22. The normalized spacial score (nSPS) is 27.2. The zero-order valence-corrected chi connectivity index (χ0v) is 12.3. The van der Waals surface area contributed by atoms with Gasteiger partial charge in [0.1, 0.15) is 0 Å². The van der Waals surface area contributed by atoms with Crippen LogP contribution in [0.3, 0.4) is 0 Å². The maximum absolute atomic E-state index is 5.37. The van der Waals surface area contributed by atoms with E-state index in [4.69, 9.17) is 4.74 Å². The highest BCUT2D eigenvalue weighted by Gasteiger charge is 2.29. The van der Waals surface area contributed by atoms with Crippen molar-refractivity contribution in [2.45, 2.75) is 31.2 Å². The molecule has 3 heteroatoms. The SMILES string of the molecule is c1ccc(C2CC(NCCCN3CCOCC3)C2)cc1. The molecule has 1 aliphatic carbocycles.